The van der Waals surface area contributed by atoms with Gasteiger partial charge < -0.3 is 20.1 Å². The van der Waals surface area contributed by atoms with E-state index in [1.165, 1.54) is 0 Å². The molecule has 0 saturated heterocycles. The number of pyridine rings is 1. The molecule has 3 rings (SSSR count). The van der Waals surface area contributed by atoms with Crippen molar-refractivity contribution in [3.8, 4) is 5.75 Å². The standard InChI is InChI=1S/C21H29N5O2/c1-12-9-23-16(13(2)18(12)28-6)11-26-10-15(7-8-21(4,5)27)17-14(3)24-20(22)25-19(17)26/h9-10,27H,7-8,11H2,1-6H3,(H2,22,24,25). The van der Waals surface area contributed by atoms with Crippen LogP contribution in [0.5, 0.6) is 5.75 Å². The number of methoxy groups -OCH3 is 1. The molecule has 0 saturated carbocycles. The average molecular weight is 383 g/mol. The van der Waals surface area contributed by atoms with E-state index in [0.717, 1.165) is 51.3 Å². The van der Waals surface area contributed by atoms with Crippen LogP contribution in [0.4, 0.5) is 5.95 Å². The first-order chi connectivity index (χ1) is 13.1. The van der Waals surface area contributed by atoms with Crippen LogP contribution < -0.4 is 10.5 Å². The van der Waals surface area contributed by atoms with Crippen LogP contribution in [-0.4, -0.2) is 37.3 Å². The van der Waals surface area contributed by atoms with Crippen LogP contribution in [0, 0.1) is 20.8 Å². The van der Waals surface area contributed by atoms with E-state index in [2.05, 4.69) is 25.7 Å². The summed E-state index contributed by atoms with van der Waals surface area (Å²) in [6, 6.07) is 0. The average Bonchev–Trinajstić information content (AvgIpc) is 2.93. The van der Waals surface area contributed by atoms with Crippen molar-refractivity contribution in [2.45, 2.75) is 59.6 Å². The summed E-state index contributed by atoms with van der Waals surface area (Å²) in [5.41, 5.74) is 10.9. The molecular formula is C21H29N5O2. The van der Waals surface area contributed by atoms with Gasteiger partial charge in [-0.25, -0.2) is 4.98 Å². The van der Waals surface area contributed by atoms with Crippen LogP contribution in [0.15, 0.2) is 12.4 Å². The van der Waals surface area contributed by atoms with Gasteiger partial charge in [0.15, 0.2) is 0 Å². The number of ether oxygens (including phenoxy) is 1. The van der Waals surface area contributed by atoms with Gasteiger partial charge in [0, 0.05) is 28.9 Å². The van der Waals surface area contributed by atoms with Crippen LogP contribution in [-0.2, 0) is 13.0 Å². The summed E-state index contributed by atoms with van der Waals surface area (Å²) in [4.78, 5) is 13.4. The summed E-state index contributed by atoms with van der Waals surface area (Å²) in [6.07, 6.45) is 5.28. The lowest BCUT2D eigenvalue weighted by molar-refractivity contribution is 0.0715. The van der Waals surface area contributed by atoms with Crippen molar-refractivity contribution in [1.82, 2.24) is 19.5 Å². The monoisotopic (exact) mass is 383 g/mol. The van der Waals surface area contributed by atoms with E-state index in [4.69, 9.17) is 10.5 Å². The largest absolute Gasteiger partial charge is 0.496 e. The molecule has 3 aromatic heterocycles. The summed E-state index contributed by atoms with van der Waals surface area (Å²) in [5.74, 6) is 1.11. The zero-order valence-corrected chi connectivity index (χ0v) is 17.5. The lowest BCUT2D eigenvalue weighted by Gasteiger charge is -2.16. The number of aromatic nitrogens is 4. The number of rotatable bonds is 6. The first kappa shape index (κ1) is 20.1. The highest BCUT2D eigenvalue weighted by Gasteiger charge is 2.19. The number of aliphatic hydroxyl groups is 1. The molecule has 0 fully saturated rings. The Morgan fingerprint density at radius 3 is 2.57 bits per heavy atom. The highest BCUT2D eigenvalue weighted by atomic mass is 16.5. The third-order valence-electron chi connectivity index (χ3n) is 5.07. The summed E-state index contributed by atoms with van der Waals surface area (Å²) >= 11 is 0. The van der Waals surface area contributed by atoms with E-state index in [9.17, 15) is 5.11 Å². The van der Waals surface area contributed by atoms with Crippen molar-refractivity contribution in [3.63, 3.8) is 0 Å². The van der Waals surface area contributed by atoms with Crippen LogP contribution in [0.2, 0.25) is 0 Å². The smallest absolute Gasteiger partial charge is 0.222 e. The van der Waals surface area contributed by atoms with Crippen LogP contribution in [0.3, 0.4) is 0 Å². The lowest BCUT2D eigenvalue weighted by atomic mass is 9.99. The maximum atomic E-state index is 10.1. The van der Waals surface area contributed by atoms with Gasteiger partial charge in [0.05, 0.1) is 30.6 Å². The first-order valence-electron chi connectivity index (χ1n) is 9.44. The Labute approximate surface area is 165 Å². The molecular weight excluding hydrogens is 354 g/mol. The maximum Gasteiger partial charge on any atom is 0.222 e. The highest BCUT2D eigenvalue weighted by molar-refractivity contribution is 5.84. The third-order valence-corrected chi connectivity index (χ3v) is 5.07. The Bertz CT molecular complexity index is 1020. The van der Waals surface area contributed by atoms with E-state index in [0.29, 0.717) is 13.0 Å². The van der Waals surface area contributed by atoms with E-state index >= 15 is 0 Å². The molecule has 0 atom stereocenters. The van der Waals surface area contributed by atoms with Crippen molar-refractivity contribution < 1.29 is 9.84 Å². The SMILES string of the molecule is COc1c(C)cnc(Cn2cc(CCC(C)(C)O)c3c(C)nc(N)nc32)c1C. The fourth-order valence-electron chi connectivity index (χ4n) is 3.62. The Morgan fingerprint density at radius 1 is 1.21 bits per heavy atom. The fourth-order valence-corrected chi connectivity index (χ4v) is 3.62. The van der Waals surface area contributed by atoms with Crippen molar-refractivity contribution in [1.29, 1.82) is 0 Å². The molecule has 7 heteroatoms. The van der Waals surface area contributed by atoms with Crippen molar-refractivity contribution in [2.75, 3.05) is 12.8 Å². The number of anilines is 1. The minimum absolute atomic E-state index is 0.254. The molecule has 150 valence electrons. The van der Waals surface area contributed by atoms with Gasteiger partial charge in [0.1, 0.15) is 11.4 Å². The number of hydrogen-bond donors (Lipinski definition) is 2. The molecule has 3 aromatic rings. The van der Waals surface area contributed by atoms with Crippen LogP contribution >= 0.6 is 0 Å². The molecule has 0 aromatic carbocycles. The molecule has 0 unspecified atom stereocenters. The van der Waals surface area contributed by atoms with Gasteiger partial charge in [0.25, 0.3) is 0 Å². The number of fused-ring (bicyclic) bond motifs is 1. The Balaban J connectivity index is 2.09. The molecule has 0 radical (unpaired) electrons. The maximum absolute atomic E-state index is 10.1. The number of nitrogens with two attached hydrogens (primary N) is 1. The first-order valence-corrected chi connectivity index (χ1v) is 9.44. The molecule has 3 N–H and O–H groups in total. The molecule has 7 nitrogen and oxygen atoms in total. The van der Waals surface area contributed by atoms with E-state index in [1.54, 1.807) is 7.11 Å². The third kappa shape index (κ3) is 3.94. The minimum Gasteiger partial charge on any atom is -0.496 e. The van der Waals surface area contributed by atoms with Crippen molar-refractivity contribution in [3.05, 3.63) is 40.5 Å². The number of nitrogens with zero attached hydrogens (tertiary/aromatic N) is 4. The van der Waals surface area contributed by atoms with Gasteiger partial charge in [0.2, 0.25) is 5.95 Å². The zero-order valence-electron chi connectivity index (χ0n) is 17.5. The van der Waals surface area contributed by atoms with Gasteiger partial charge in [-0.1, -0.05) is 0 Å². The Morgan fingerprint density at radius 2 is 1.93 bits per heavy atom. The van der Waals surface area contributed by atoms with Crippen molar-refractivity contribution >= 4 is 17.0 Å². The topological polar surface area (TPSA) is 99.1 Å². The van der Waals surface area contributed by atoms with Crippen LogP contribution in [0.25, 0.3) is 11.0 Å². The summed E-state index contributed by atoms with van der Waals surface area (Å²) < 4.78 is 7.60. The van der Waals surface area contributed by atoms with Gasteiger partial charge in [-0.05, 0) is 53.0 Å². The zero-order chi connectivity index (χ0) is 20.6. The summed E-state index contributed by atoms with van der Waals surface area (Å²) in [7, 11) is 1.68. The normalized spacial score (nSPS) is 12.0. The van der Waals surface area contributed by atoms with Gasteiger partial charge >= 0.3 is 0 Å². The Hall–Kier alpha value is -2.67. The van der Waals surface area contributed by atoms with Gasteiger partial charge in [-0.3, -0.25) is 4.98 Å². The highest BCUT2D eigenvalue weighted by Crippen LogP contribution is 2.29. The predicted octanol–water partition coefficient (Wildman–Crippen LogP) is 3.09. The van der Waals surface area contributed by atoms with Gasteiger partial charge in [-0.15, -0.1) is 0 Å². The molecule has 0 aliphatic heterocycles. The molecule has 28 heavy (non-hydrogen) atoms. The molecule has 0 aliphatic carbocycles. The number of hydrogen-bond acceptors (Lipinski definition) is 6. The van der Waals surface area contributed by atoms with Crippen LogP contribution in [0.1, 0.15) is 48.3 Å². The lowest BCUT2D eigenvalue weighted by Crippen LogP contribution is -2.19. The molecule has 0 amide bonds. The predicted molar refractivity (Wildman–Crippen MR) is 111 cm³/mol. The van der Waals surface area contributed by atoms with Crippen molar-refractivity contribution in [2.24, 2.45) is 0 Å². The number of aryl methyl sites for hydroxylation is 3. The van der Waals surface area contributed by atoms with E-state index in [1.807, 2.05) is 40.8 Å². The molecule has 3 heterocycles. The second kappa shape index (κ2) is 7.39. The summed E-state index contributed by atoms with van der Waals surface area (Å²) in [5, 5.41) is 11.1. The Kier molecular flexibility index (Phi) is 5.30. The second-order valence-corrected chi connectivity index (χ2v) is 8.01. The molecule has 0 bridgehead atoms. The molecule has 0 spiro atoms. The minimum atomic E-state index is -0.737. The quantitative estimate of drug-likeness (QED) is 0.679. The van der Waals surface area contributed by atoms with Gasteiger partial charge in [-0.2, -0.15) is 4.98 Å². The molecule has 0 aliphatic rings. The number of nitrogen functional groups attached to an aromatic ring is 1. The van der Waals surface area contributed by atoms with E-state index in [-0.39, 0.29) is 5.95 Å². The second-order valence-electron chi connectivity index (χ2n) is 8.01. The fraction of sp³-hybridized carbons (Fsp3) is 0.476. The summed E-state index contributed by atoms with van der Waals surface area (Å²) in [6.45, 7) is 10.1. The van der Waals surface area contributed by atoms with E-state index < -0.39 is 5.60 Å².